The molecule has 174 valence electrons. The maximum absolute atomic E-state index is 13.3. The summed E-state index contributed by atoms with van der Waals surface area (Å²) in [4.78, 5) is 42.8. The van der Waals surface area contributed by atoms with Gasteiger partial charge in [0.25, 0.3) is 5.91 Å². The molecule has 2 aromatic heterocycles. The van der Waals surface area contributed by atoms with Crippen LogP contribution in [0.4, 0.5) is 17.6 Å². The van der Waals surface area contributed by atoms with Gasteiger partial charge in [-0.25, -0.2) is 9.97 Å². The molecule has 10 heteroatoms. The third-order valence-electron chi connectivity index (χ3n) is 6.54. The van der Waals surface area contributed by atoms with Crippen LogP contribution in [0.25, 0.3) is 0 Å². The third kappa shape index (κ3) is 4.22. The first kappa shape index (κ1) is 21.6. The van der Waals surface area contributed by atoms with E-state index in [4.69, 9.17) is 4.74 Å². The largest absolute Gasteiger partial charge is 0.491 e. The van der Waals surface area contributed by atoms with Crippen LogP contribution in [0.3, 0.4) is 0 Å². The first-order valence-electron chi connectivity index (χ1n) is 11.4. The van der Waals surface area contributed by atoms with Gasteiger partial charge < -0.3 is 20.3 Å². The molecule has 0 bridgehead atoms. The summed E-state index contributed by atoms with van der Waals surface area (Å²) in [6.07, 6.45) is 7.90. The summed E-state index contributed by atoms with van der Waals surface area (Å²) in [6, 6.07) is 3.68. The van der Waals surface area contributed by atoms with Gasteiger partial charge in [-0.3, -0.25) is 14.5 Å². The highest BCUT2D eigenvalue weighted by Crippen LogP contribution is 2.41. The minimum Gasteiger partial charge on any atom is -0.491 e. The van der Waals surface area contributed by atoms with Crippen LogP contribution < -0.4 is 15.4 Å². The molecule has 3 aliphatic rings. The van der Waals surface area contributed by atoms with Crippen LogP contribution in [0.15, 0.2) is 24.5 Å². The van der Waals surface area contributed by atoms with Crippen molar-refractivity contribution in [2.75, 3.05) is 37.9 Å². The molecule has 0 radical (unpaired) electrons. The molecular formula is C23H29N7O3. The van der Waals surface area contributed by atoms with Crippen LogP contribution in [0.5, 0.6) is 5.75 Å². The first-order chi connectivity index (χ1) is 15.9. The first-order valence-corrected chi connectivity index (χ1v) is 11.4. The Bertz CT molecular complexity index is 1050. The van der Waals surface area contributed by atoms with Crippen molar-refractivity contribution in [1.82, 2.24) is 24.8 Å². The number of nitrogens with one attached hydrogen (secondary N) is 2. The van der Waals surface area contributed by atoms with Gasteiger partial charge in [0.15, 0.2) is 0 Å². The molecule has 1 saturated heterocycles. The number of hydrogen-bond acceptors (Lipinski definition) is 9. The van der Waals surface area contributed by atoms with Gasteiger partial charge in [-0.05, 0) is 39.1 Å². The van der Waals surface area contributed by atoms with Crippen molar-refractivity contribution < 1.29 is 14.3 Å². The molecule has 2 aromatic rings. The lowest BCUT2D eigenvalue weighted by molar-refractivity contribution is -0.142. The SMILES string of the molecule is CN(C)CCOc1ccc(Nc2ncc3c(n2)NC2(CC(=O)N(C4CCCC4)C2=O)C3)nc1. The molecule has 2 fully saturated rings. The van der Waals surface area contributed by atoms with Crippen molar-refractivity contribution in [3.05, 3.63) is 30.1 Å². The second-order valence-electron chi connectivity index (χ2n) is 9.29. The number of fused-ring (bicyclic) bond motifs is 1. The number of imide groups is 1. The van der Waals surface area contributed by atoms with E-state index < -0.39 is 5.54 Å². The van der Waals surface area contributed by atoms with Gasteiger partial charge in [-0.15, -0.1) is 0 Å². The standard InChI is InChI=1S/C23H29N7O3/c1-29(2)9-10-33-17-7-8-18(24-14-17)26-22-25-13-15-11-23(28-20(15)27-22)12-19(31)30(21(23)32)16-5-3-4-6-16/h7-8,13-14,16H,3-6,9-12H2,1-2H3,(H2,24,25,26,27,28). The molecule has 1 saturated carbocycles. The van der Waals surface area contributed by atoms with Crippen LogP contribution in [-0.4, -0.2) is 75.4 Å². The minimum absolute atomic E-state index is 0.0408. The fourth-order valence-corrected chi connectivity index (χ4v) is 4.83. The Balaban J connectivity index is 1.25. The van der Waals surface area contributed by atoms with E-state index in [9.17, 15) is 9.59 Å². The summed E-state index contributed by atoms with van der Waals surface area (Å²) in [7, 11) is 3.99. The molecule has 1 unspecified atom stereocenters. The van der Waals surface area contributed by atoms with Crippen molar-refractivity contribution in [1.29, 1.82) is 0 Å². The molecule has 0 aromatic carbocycles. The van der Waals surface area contributed by atoms with Gasteiger partial charge in [-0.1, -0.05) is 12.8 Å². The summed E-state index contributed by atoms with van der Waals surface area (Å²) < 4.78 is 5.66. The molecule has 2 aliphatic heterocycles. The Kier molecular flexibility index (Phi) is 5.61. The second kappa shape index (κ2) is 8.58. The van der Waals surface area contributed by atoms with Gasteiger partial charge in [-0.2, -0.15) is 4.98 Å². The van der Waals surface area contributed by atoms with Crippen molar-refractivity contribution in [2.45, 2.75) is 50.1 Å². The van der Waals surface area contributed by atoms with Crippen molar-refractivity contribution in [2.24, 2.45) is 0 Å². The third-order valence-corrected chi connectivity index (χ3v) is 6.54. The highest BCUT2D eigenvalue weighted by Gasteiger charge is 2.56. The topological polar surface area (TPSA) is 113 Å². The smallest absolute Gasteiger partial charge is 0.256 e. The quantitative estimate of drug-likeness (QED) is 0.610. The number of carbonyl (C=O) groups excluding carboxylic acids is 2. The Morgan fingerprint density at radius 2 is 2.00 bits per heavy atom. The fourth-order valence-electron chi connectivity index (χ4n) is 4.83. The summed E-state index contributed by atoms with van der Waals surface area (Å²) >= 11 is 0. The van der Waals surface area contributed by atoms with Crippen LogP contribution in [-0.2, 0) is 16.0 Å². The number of likely N-dealkylation sites (N-methyl/N-ethyl adjacent to an activating group) is 1. The molecular weight excluding hydrogens is 422 g/mol. The van der Waals surface area contributed by atoms with E-state index in [2.05, 4.69) is 25.6 Å². The average molecular weight is 452 g/mol. The highest BCUT2D eigenvalue weighted by molar-refractivity contribution is 6.11. The molecule has 2 N–H and O–H groups in total. The van der Waals surface area contributed by atoms with Gasteiger partial charge in [0, 0.05) is 30.8 Å². The Labute approximate surface area is 192 Å². The van der Waals surface area contributed by atoms with Gasteiger partial charge in [0.05, 0.1) is 12.6 Å². The van der Waals surface area contributed by atoms with Gasteiger partial charge in [0.2, 0.25) is 11.9 Å². The van der Waals surface area contributed by atoms with Crippen LogP contribution in [0.1, 0.15) is 37.7 Å². The lowest BCUT2D eigenvalue weighted by atomic mass is 9.94. The number of aromatic nitrogens is 3. The van der Waals surface area contributed by atoms with Gasteiger partial charge in [0.1, 0.15) is 29.5 Å². The maximum atomic E-state index is 13.3. The number of rotatable bonds is 7. The van der Waals surface area contributed by atoms with E-state index in [0.29, 0.717) is 36.4 Å². The molecule has 1 aliphatic carbocycles. The lowest BCUT2D eigenvalue weighted by Crippen LogP contribution is -2.48. The van der Waals surface area contributed by atoms with E-state index in [1.165, 1.54) is 4.90 Å². The van der Waals surface area contributed by atoms with Crippen molar-refractivity contribution >= 4 is 29.4 Å². The Morgan fingerprint density at radius 3 is 2.73 bits per heavy atom. The zero-order chi connectivity index (χ0) is 23.0. The number of likely N-dealkylation sites (tertiary alicyclic amines) is 1. The monoisotopic (exact) mass is 451 g/mol. The number of amides is 2. The summed E-state index contributed by atoms with van der Waals surface area (Å²) in [5.41, 5.74) is -0.0911. The van der Waals surface area contributed by atoms with E-state index in [0.717, 1.165) is 37.8 Å². The molecule has 10 nitrogen and oxygen atoms in total. The number of pyridine rings is 1. The number of anilines is 3. The van der Waals surface area contributed by atoms with Crippen molar-refractivity contribution in [3.63, 3.8) is 0 Å². The molecule has 2 amide bonds. The van der Waals surface area contributed by atoms with Crippen LogP contribution >= 0.6 is 0 Å². The summed E-state index contributed by atoms with van der Waals surface area (Å²) in [5.74, 6) is 2.02. The Hall–Kier alpha value is -3.27. The lowest BCUT2D eigenvalue weighted by Gasteiger charge is -2.25. The zero-order valence-electron chi connectivity index (χ0n) is 19.0. The van der Waals surface area contributed by atoms with E-state index in [-0.39, 0.29) is 24.3 Å². The molecule has 1 atom stereocenters. The highest BCUT2D eigenvalue weighted by atomic mass is 16.5. The average Bonchev–Trinajstić information content (AvgIpc) is 3.47. The molecule has 5 rings (SSSR count). The van der Waals surface area contributed by atoms with Crippen LogP contribution in [0.2, 0.25) is 0 Å². The van der Waals surface area contributed by atoms with Gasteiger partial charge >= 0.3 is 0 Å². The molecule has 33 heavy (non-hydrogen) atoms. The number of hydrogen-bond donors (Lipinski definition) is 2. The Morgan fingerprint density at radius 1 is 1.18 bits per heavy atom. The second-order valence-corrected chi connectivity index (χ2v) is 9.29. The zero-order valence-corrected chi connectivity index (χ0v) is 19.0. The van der Waals surface area contributed by atoms with E-state index >= 15 is 0 Å². The molecule has 1 spiro atoms. The van der Waals surface area contributed by atoms with E-state index in [1.807, 2.05) is 25.1 Å². The summed E-state index contributed by atoms with van der Waals surface area (Å²) in [6.45, 7) is 1.41. The van der Waals surface area contributed by atoms with Crippen LogP contribution in [0, 0.1) is 0 Å². The predicted molar refractivity (Wildman–Crippen MR) is 122 cm³/mol. The summed E-state index contributed by atoms with van der Waals surface area (Å²) in [5, 5.41) is 6.35. The number of carbonyl (C=O) groups is 2. The maximum Gasteiger partial charge on any atom is 0.256 e. The molecule has 4 heterocycles. The minimum atomic E-state index is -0.931. The fraction of sp³-hybridized carbons (Fsp3) is 0.522. The van der Waals surface area contributed by atoms with E-state index in [1.54, 1.807) is 18.5 Å². The van der Waals surface area contributed by atoms with Crippen molar-refractivity contribution in [3.8, 4) is 5.75 Å². The predicted octanol–water partition coefficient (Wildman–Crippen LogP) is 1.96. The number of ether oxygens (including phenoxy) is 1. The normalized spacial score (nSPS) is 22.3. The number of nitrogens with zero attached hydrogens (tertiary/aromatic N) is 5.